The molecule has 334 valence electrons. The van der Waals surface area contributed by atoms with Crippen molar-refractivity contribution in [1.29, 1.82) is 0 Å². The van der Waals surface area contributed by atoms with Crippen LogP contribution in [-0.4, -0.2) is 195 Å². The Labute approximate surface area is 333 Å². The van der Waals surface area contributed by atoms with E-state index in [-0.39, 0.29) is 6.61 Å². The summed E-state index contributed by atoms with van der Waals surface area (Å²) in [6.07, 6.45) is 2.54. The maximum atomic E-state index is 8.84. The molecule has 17 heteroatoms. The largest absolute Gasteiger partial charge is 0.399 e. The van der Waals surface area contributed by atoms with Gasteiger partial charge in [0.1, 0.15) is 0 Å². The van der Waals surface area contributed by atoms with E-state index in [1.165, 1.54) is 11.2 Å². The molecule has 0 heterocycles. The molecule has 0 unspecified atom stereocenters. The minimum atomic E-state index is -0.235. The van der Waals surface area contributed by atoms with E-state index in [1.54, 1.807) is 0 Å². The Morgan fingerprint density at radius 2 is 0.618 bits per heavy atom. The maximum absolute atomic E-state index is 8.84. The van der Waals surface area contributed by atoms with Crippen LogP contribution in [0.4, 0.5) is 0 Å². The summed E-state index contributed by atoms with van der Waals surface area (Å²) in [5, 5.41) is 10.2. The fourth-order valence-electron chi connectivity index (χ4n) is 3.55. The smallest absolute Gasteiger partial charge is 0.0840 e. The lowest BCUT2D eigenvalue weighted by Crippen LogP contribution is -2.30. The number of aliphatic hydroxyl groups excluding tert-OH is 1. The molecule has 17 nitrogen and oxygen atoms in total. The van der Waals surface area contributed by atoms with Crippen LogP contribution in [-0.2, 0) is 61.6 Å². The zero-order valence-corrected chi connectivity index (χ0v) is 35.5. The Balaban J connectivity index is -0.00000652. The number of nitrogens with zero attached hydrogens (tertiary/aromatic N) is 1. The molecule has 0 bridgehead atoms. The lowest BCUT2D eigenvalue weighted by molar-refractivity contribution is -0.0291. The number of hydrogen-bond acceptors (Lipinski definition) is 17. The van der Waals surface area contributed by atoms with Gasteiger partial charge in [0.05, 0.1) is 184 Å². The van der Waals surface area contributed by atoms with E-state index in [0.717, 1.165) is 13.0 Å². The van der Waals surface area contributed by atoms with E-state index in [1.807, 2.05) is 27.7 Å². The third kappa shape index (κ3) is 57.2. The highest BCUT2D eigenvalue weighted by Gasteiger charge is 1.99. The molecule has 0 aliphatic heterocycles. The van der Waals surface area contributed by atoms with Crippen molar-refractivity contribution < 1.29 is 66.7 Å². The molecule has 0 spiro atoms. The predicted molar refractivity (Wildman–Crippen MR) is 213 cm³/mol. The minimum absolute atomic E-state index is 0.235. The second kappa shape index (κ2) is 54.8. The fourth-order valence-corrected chi connectivity index (χ4v) is 3.55. The number of aliphatic hydroxyl groups is 1. The van der Waals surface area contributed by atoms with Crippen LogP contribution < -0.4 is 11.6 Å². The molecule has 0 aromatic rings. The summed E-state index contributed by atoms with van der Waals surface area (Å²) < 4.78 is 71.1. The SMILES string of the molecule is CC.CC.CC(C)CCOCCOCCOCCOCCOCCOCCOCCOCCOCCOCCOCCOCCOCCN(N)/C=C(\N)CO. The molecule has 0 saturated carbocycles. The molecular weight excluding hydrogens is 722 g/mol. The van der Waals surface area contributed by atoms with Crippen molar-refractivity contribution >= 4 is 0 Å². The first-order valence-electron chi connectivity index (χ1n) is 20.1. The van der Waals surface area contributed by atoms with Gasteiger partial charge in [-0.1, -0.05) is 41.5 Å². The molecule has 0 aromatic heterocycles. The van der Waals surface area contributed by atoms with Crippen LogP contribution in [0.2, 0.25) is 0 Å². The van der Waals surface area contributed by atoms with Crippen molar-refractivity contribution in [1.82, 2.24) is 5.01 Å². The quantitative estimate of drug-likeness (QED) is 0.0461. The van der Waals surface area contributed by atoms with E-state index < -0.39 is 0 Å². The van der Waals surface area contributed by atoms with Gasteiger partial charge in [0.25, 0.3) is 0 Å². The summed E-state index contributed by atoms with van der Waals surface area (Å²) in [4.78, 5) is 0. The highest BCUT2D eigenvalue weighted by atomic mass is 16.6. The van der Waals surface area contributed by atoms with Crippen molar-refractivity contribution in [2.24, 2.45) is 17.5 Å². The molecule has 5 N–H and O–H groups in total. The molecule has 0 fully saturated rings. The molecule has 55 heavy (non-hydrogen) atoms. The first-order valence-corrected chi connectivity index (χ1v) is 20.1. The third-order valence-corrected chi connectivity index (χ3v) is 6.31. The van der Waals surface area contributed by atoms with Crippen LogP contribution in [0.5, 0.6) is 0 Å². The summed E-state index contributed by atoms with van der Waals surface area (Å²) in [6.45, 7) is 26.0. The summed E-state index contributed by atoms with van der Waals surface area (Å²) in [7, 11) is 0. The van der Waals surface area contributed by atoms with Crippen LogP contribution in [0.3, 0.4) is 0 Å². The van der Waals surface area contributed by atoms with Gasteiger partial charge in [-0.25, -0.2) is 5.84 Å². The lowest BCUT2D eigenvalue weighted by Gasteiger charge is -2.14. The average molecular weight is 806 g/mol. The van der Waals surface area contributed by atoms with Gasteiger partial charge in [0.15, 0.2) is 0 Å². The van der Waals surface area contributed by atoms with E-state index in [2.05, 4.69) is 13.8 Å². The number of hydrazine groups is 1. The Bertz CT molecular complexity index is 703. The molecule has 0 saturated heterocycles. The van der Waals surface area contributed by atoms with Crippen LogP contribution in [0.25, 0.3) is 0 Å². The first-order chi connectivity index (χ1) is 27.1. The van der Waals surface area contributed by atoms with E-state index in [9.17, 15) is 0 Å². The molecule has 0 amide bonds. The molecule has 0 aliphatic carbocycles. The van der Waals surface area contributed by atoms with Gasteiger partial charge in [0.2, 0.25) is 0 Å². The number of hydrogen-bond donors (Lipinski definition) is 3. The van der Waals surface area contributed by atoms with Crippen molar-refractivity contribution in [3.8, 4) is 0 Å². The van der Waals surface area contributed by atoms with Gasteiger partial charge in [-0.2, -0.15) is 0 Å². The summed E-state index contributed by atoms with van der Waals surface area (Å²) in [5.74, 6) is 6.34. The zero-order valence-electron chi connectivity index (χ0n) is 35.5. The molecule has 0 atom stereocenters. The third-order valence-electron chi connectivity index (χ3n) is 6.31. The Morgan fingerprint density at radius 1 is 0.418 bits per heavy atom. The standard InChI is InChI=1S/C34H71N3O14.2C2H6/c1-33(2)3-5-39-7-9-41-11-13-43-15-17-45-19-21-47-23-25-49-27-29-51-30-28-50-26-24-48-22-20-46-18-16-44-14-12-42-10-8-40-6-4-37(36)31-34(35)32-38;2*1-2/h31,33,38H,3-30,32,35-36H2,1-2H3;2*1-2H3/b34-31-;;. The zero-order chi connectivity index (χ0) is 41.1. The van der Waals surface area contributed by atoms with Crippen LogP contribution in [0.1, 0.15) is 48.0 Å². The maximum Gasteiger partial charge on any atom is 0.0840 e. The number of ether oxygens (including phenoxy) is 13. The fraction of sp³-hybridized carbons (Fsp3) is 0.947. The van der Waals surface area contributed by atoms with E-state index in [0.29, 0.717) is 183 Å². The van der Waals surface area contributed by atoms with E-state index >= 15 is 0 Å². The Hall–Kier alpha value is -1.26. The second-order valence-electron chi connectivity index (χ2n) is 11.2. The Kier molecular flexibility index (Phi) is 57.9. The number of rotatable bonds is 44. The van der Waals surface area contributed by atoms with Gasteiger partial charge < -0.3 is 77.4 Å². The highest BCUT2D eigenvalue weighted by Crippen LogP contribution is 1.98. The molecule has 0 radical (unpaired) electrons. The van der Waals surface area contributed by atoms with E-state index in [4.69, 9.17) is 78.3 Å². The molecular formula is C38H83N3O14. The lowest BCUT2D eigenvalue weighted by atomic mass is 10.1. The van der Waals surface area contributed by atoms with Crippen molar-refractivity contribution in [3.63, 3.8) is 0 Å². The highest BCUT2D eigenvalue weighted by molar-refractivity contribution is 4.94. The predicted octanol–water partition coefficient (Wildman–Crippen LogP) is 2.27. The normalized spacial score (nSPS) is 11.4. The van der Waals surface area contributed by atoms with Crippen molar-refractivity contribution in [2.45, 2.75) is 48.0 Å². The van der Waals surface area contributed by atoms with Gasteiger partial charge >= 0.3 is 0 Å². The van der Waals surface area contributed by atoms with Gasteiger partial charge in [0, 0.05) is 12.8 Å². The second-order valence-corrected chi connectivity index (χ2v) is 11.2. The summed E-state index contributed by atoms with van der Waals surface area (Å²) in [5.41, 5.74) is 5.77. The Morgan fingerprint density at radius 3 is 0.818 bits per heavy atom. The van der Waals surface area contributed by atoms with Crippen LogP contribution in [0, 0.1) is 5.92 Å². The van der Waals surface area contributed by atoms with Crippen molar-refractivity contribution in [3.05, 3.63) is 11.9 Å². The van der Waals surface area contributed by atoms with Gasteiger partial charge in [-0.15, -0.1) is 0 Å². The monoisotopic (exact) mass is 806 g/mol. The molecule has 0 rings (SSSR count). The topological polar surface area (TPSA) is 196 Å². The van der Waals surface area contributed by atoms with Crippen LogP contribution >= 0.6 is 0 Å². The van der Waals surface area contributed by atoms with Gasteiger partial charge in [-0.05, 0) is 12.3 Å². The minimum Gasteiger partial charge on any atom is -0.399 e. The van der Waals surface area contributed by atoms with Gasteiger partial charge in [-0.3, -0.25) is 0 Å². The van der Waals surface area contributed by atoms with Crippen molar-refractivity contribution in [2.75, 3.05) is 185 Å². The average Bonchev–Trinajstić information content (AvgIpc) is 3.19. The number of nitrogens with two attached hydrogens (primary N) is 2. The molecule has 0 aromatic carbocycles. The summed E-state index contributed by atoms with van der Waals surface area (Å²) in [6, 6.07) is 0. The van der Waals surface area contributed by atoms with Crippen LogP contribution in [0.15, 0.2) is 11.9 Å². The summed E-state index contributed by atoms with van der Waals surface area (Å²) >= 11 is 0. The molecule has 0 aliphatic rings. The first kappa shape index (κ1) is 58.1.